The maximum atomic E-state index is 12.3. The van der Waals surface area contributed by atoms with E-state index in [0.717, 1.165) is 13.0 Å². The standard InChI is InChI=1S/C17H24N2O2/c1-17(2,3)11-6-4-10(5-7-11)16(20)19-14-13(18)12-8-9-21-15(12)14/h4-7,12-15H,8-9,18H2,1-3H3,(H,19,20). The molecule has 2 fully saturated rings. The molecule has 1 aromatic rings. The fourth-order valence-electron chi connectivity index (χ4n) is 3.28. The molecule has 2 aliphatic rings. The Labute approximate surface area is 126 Å². The van der Waals surface area contributed by atoms with Crippen molar-refractivity contribution < 1.29 is 9.53 Å². The van der Waals surface area contributed by atoms with Gasteiger partial charge in [0.05, 0.1) is 12.1 Å². The highest BCUT2D eigenvalue weighted by Crippen LogP contribution is 2.37. The number of hydrogen-bond acceptors (Lipinski definition) is 3. The second-order valence-electron chi connectivity index (χ2n) is 7.19. The van der Waals surface area contributed by atoms with Crippen LogP contribution in [0, 0.1) is 5.92 Å². The summed E-state index contributed by atoms with van der Waals surface area (Å²) in [7, 11) is 0. The Morgan fingerprint density at radius 3 is 2.57 bits per heavy atom. The van der Waals surface area contributed by atoms with Crippen LogP contribution in [0.1, 0.15) is 43.1 Å². The Balaban J connectivity index is 1.66. The highest BCUT2D eigenvalue weighted by Gasteiger charge is 2.52. The second-order valence-corrected chi connectivity index (χ2v) is 7.19. The Bertz CT molecular complexity index is 533. The van der Waals surface area contributed by atoms with Gasteiger partial charge in [0.25, 0.3) is 5.91 Å². The summed E-state index contributed by atoms with van der Waals surface area (Å²) in [5.74, 6) is 0.350. The first-order valence-corrected chi connectivity index (χ1v) is 7.66. The molecule has 3 rings (SSSR count). The van der Waals surface area contributed by atoms with E-state index in [-0.39, 0.29) is 29.5 Å². The number of amides is 1. The van der Waals surface area contributed by atoms with E-state index in [2.05, 4.69) is 26.1 Å². The lowest BCUT2D eigenvalue weighted by molar-refractivity contribution is -0.0161. The van der Waals surface area contributed by atoms with E-state index >= 15 is 0 Å². The molecule has 4 nitrogen and oxygen atoms in total. The number of fused-ring (bicyclic) bond motifs is 1. The Kier molecular flexibility index (Phi) is 3.54. The molecule has 1 amide bonds. The molecule has 4 heteroatoms. The van der Waals surface area contributed by atoms with E-state index in [1.165, 1.54) is 5.56 Å². The molecule has 3 N–H and O–H groups in total. The highest BCUT2D eigenvalue weighted by molar-refractivity contribution is 5.94. The normalized spacial score (nSPS) is 31.4. The van der Waals surface area contributed by atoms with Gasteiger partial charge in [0, 0.05) is 24.1 Å². The topological polar surface area (TPSA) is 64.4 Å². The van der Waals surface area contributed by atoms with Gasteiger partial charge in [-0.2, -0.15) is 0 Å². The third-order valence-corrected chi connectivity index (χ3v) is 4.76. The molecule has 0 spiro atoms. The summed E-state index contributed by atoms with van der Waals surface area (Å²) in [6.07, 6.45) is 1.12. The molecule has 1 aliphatic heterocycles. The molecule has 4 unspecified atom stereocenters. The van der Waals surface area contributed by atoms with Gasteiger partial charge >= 0.3 is 0 Å². The summed E-state index contributed by atoms with van der Waals surface area (Å²) in [6, 6.07) is 7.78. The summed E-state index contributed by atoms with van der Waals surface area (Å²) in [5.41, 5.74) is 8.11. The summed E-state index contributed by atoms with van der Waals surface area (Å²) in [4.78, 5) is 12.3. The predicted molar refractivity (Wildman–Crippen MR) is 82.2 cm³/mol. The monoisotopic (exact) mass is 288 g/mol. The number of benzene rings is 1. The fourth-order valence-corrected chi connectivity index (χ4v) is 3.28. The average Bonchev–Trinajstić information content (AvgIpc) is 2.88. The third kappa shape index (κ3) is 2.58. The number of nitrogens with one attached hydrogen (secondary N) is 1. The first kappa shape index (κ1) is 14.5. The van der Waals surface area contributed by atoms with Crippen molar-refractivity contribution in [3.05, 3.63) is 35.4 Å². The van der Waals surface area contributed by atoms with Gasteiger partial charge in [0.1, 0.15) is 0 Å². The van der Waals surface area contributed by atoms with Gasteiger partial charge < -0.3 is 15.8 Å². The van der Waals surface area contributed by atoms with E-state index in [1.54, 1.807) is 0 Å². The molecule has 114 valence electrons. The van der Waals surface area contributed by atoms with E-state index in [9.17, 15) is 4.79 Å². The van der Waals surface area contributed by atoms with Crippen LogP contribution in [0.4, 0.5) is 0 Å². The second kappa shape index (κ2) is 5.11. The minimum absolute atomic E-state index is 0.0234. The summed E-state index contributed by atoms with van der Waals surface area (Å²) in [6.45, 7) is 7.24. The quantitative estimate of drug-likeness (QED) is 0.872. The van der Waals surface area contributed by atoms with Crippen LogP contribution in [0.15, 0.2) is 24.3 Å². The average molecular weight is 288 g/mol. The van der Waals surface area contributed by atoms with Gasteiger partial charge in [-0.1, -0.05) is 32.9 Å². The van der Waals surface area contributed by atoms with Gasteiger partial charge in [0.15, 0.2) is 0 Å². The van der Waals surface area contributed by atoms with Crippen molar-refractivity contribution in [3.8, 4) is 0 Å². The molecule has 21 heavy (non-hydrogen) atoms. The number of nitrogens with two attached hydrogens (primary N) is 1. The zero-order valence-corrected chi connectivity index (χ0v) is 12.9. The van der Waals surface area contributed by atoms with Crippen molar-refractivity contribution in [1.82, 2.24) is 5.32 Å². The molecule has 1 saturated heterocycles. The van der Waals surface area contributed by atoms with Crippen molar-refractivity contribution in [2.24, 2.45) is 11.7 Å². The number of carbonyl (C=O) groups is 1. The van der Waals surface area contributed by atoms with E-state index < -0.39 is 0 Å². The van der Waals surface area contributed by atoms with Crippen LogP contribution in [-0.2, 0) is 10.2 Å². The molecule has 1 heterocycles. The van der Waals surface area contributed by atoms with Crippen LogP contribution in [0.3, 0.4) is 0 Å². The van der Waals surface area contributed by atoms with Crippen LogP contribution < -0.4 is 11.1 Å². The zero-order valence-electron chi connectivity index (χ0n) is 12.9. The van der Waals surface area contributed by atoms with Gasteiger partial charge in [-0.15, -0.1) is 0 Å². The van der Waals surface area contributed by atoms with E-state index in [1.807, 2.05) is 24.3 Å². The van der Waals surface area contributed by atoms with Crippen molar-refractivity contribution in [3.63, 3.8) is 0 Å². The van der Waals surface area contributed by atoms with E-state index in [0.29, 0.717) is 11.5 Å². The predicted octanol–water partition coefficient (Wildman–Crippen LogP) is 1.83. The lowest BCUT2D eigenvalue weighted by Crippen LogP contribution is -2.68. The maximum Gasteiger partial charge on any atom is 0.251 e. The van der Waals surface area contributed by atoms with Crippen LogP contribution in [-0.4, -0.2) is 30.7 Å². The number of rotatable bonds is 2. The van der Waals surface area contributed by atoms with Gasteiger partial charge in [-0.25, -0.2) is 0 Å². The number of ether oxygens (including phenoxy) is 1. The molecular formula is C17H24N2O2. The van der Waals surface area contributed by atoms with Crippen molar-refractivity contribution in [2.45, 2.75) is 50.8 Å². The van der Waals surface area contributed by atoms with Crippen LogP contribution in [0.25, 0.3) is 0 Å². The largest absolute Gasteiger partial charge is 0.376 e. The highest BCUT2D eigenvalue weighted by atomic mass is 16.5. The lowest BCUT2D eigenvalue weighted by atomic mass is 9.72. The Morgan fingerprint density at radius 1 is 1.29 bits per heavy atom. The zero-order chi connectivity index (χ0) is 15.2. The van der Waals surface area contributed by atoms with E-state index in [4.69, 9.17) is 10.5 Å². The van der Waals surface area contributed by atoms with Gasteiger partial charge in [-0.05, 0) is 29.5 Å². The van der Waals surface area contributed by atoms with Crippen molar-refractivity contribution in [1.29, 1.82) is 0 Å². The molecule has 1 aromatic carbocycles. The first-order chi connectivity index (χ1) is 9.88. The van der Waals surface area contributed by atoms with Crippen molar-refractivity contribution >= 4 is 5.91 Å². The molecule has 1 saturated carbocycles. The summed E-state index contributed by atoms with van der Waals surface area (Å²) in [5, 5.41) is 3.02. The third-order valence-electron chi connectivity index (χ3n) is 4.76. The van der Waals surface area contributed by atoms with Crippen molar-refractivity contribution in [2.75, 3.05) is 6.61 Å². The number of carbonyl (C=O) groups excluding carboxylic acids is 1. The Morgan fingerprint density at radius 2 is 1.95 bits per heavy atom. The SMILES string of the molecule is CC(C)(C)c1ccc(C(=O)NC2C(N)C3CCOC32)cc1. The number of hydrogen-bond donors (Lipinski definition) is 2. The first-order valence-electron chi connectivity index (χ1n) is 7.66. The molecule has 0 bridgehead atoms. The summed E-state index contributed by atoms with van der Waals surface area (Å²) >= 11 is 0. The minimum atomic E-state index is -0.0649. The summed E-state index contributed by atoms with van der Waals surface area (Å²) < 4.78 is 5.64. The molecule has 4 atom stereocenters. The van der Waals surface area contributed by atoms with Crippen LogP contribution in [0.5, 0.6) is 0 Å². The minimum Gasteiger partial charge on any atom is -0.376 e. The smallest absolute Gasteiger partial charge is 0.251 e. The van der Waals surface area contributed by atoms with Gasteiger partial charge in [0.2, 0.25) is 0 Å². The van der Waals surface area contributed by atoms with Crippen LogP contribution in [0.2, 0.25) is 0 Å². The lowest BCUT2D eigenvalue weighted by Gasteiger charge is -2.45. The molecular weight excluding hydrogens is 264 g/mol. The fraction of sp³-hybridized carbons (Fsp3) is 0.588. The molecule has 0 aromatic heterocycles. The Hall–Kier alpha value is -1.39. The maximum absolute atomic E-state index is 12.3. The van der Waals surface area contributed by atoms with Gasteiger partial charge in [-0.3, -0.25) is 4.79 Å². The molecule has 1 aliphatic carbocycles. The molecule has 0 radical (unpaired) electrons. The van der Waals surface area contributed by atoms with Crippen LogP contribution >= 0.6 is 0 Å².